The first kappa shape index (κ1) is 18.9. The average molecular weight is 313 g/mol. The van der Waals surface area contributed by atoms with E-state index in [1.165, 1.54) is 6.92 Å². The highest BCUT2D eigenvalue weighted by atomic mass is 16.7. The molecule has 1 heterocycles. The number of hydroxylamine groups is 2. The van der Waals surface area contributed by atoms with Crippen LogP contribution in [0.4, 0.5) is 0 Å². The monoisotopic (exact) mass is 313 g/mol. The molecule has 0 amide bonds. The molecule has 0 radical (unpaired) electrons. The summed E-state index contributed by atoms with van der Waals surface area (Å²) in [7, 11) is 0. The topological polar surface area (TPSA) is 55.8 Å². The molecule has 1 saturated heterocycles. The predicted octanol–water partition coefficient (Wildman–Crippen LogP) is 3.47. The fraction of sp³-hybridized carbons (Fsp3) is 0.882. The number of piperidine rings is 1. The average Bonchev–Trinajstić information content (AvgIpc) is 2.48. The van der Waals surface area contributed by atoms with E-state index in [1.54, 1.807) is 6.92 Å². The van der Waals surface area contributed by atoms with Gasteiger partial charge in [-0.25, -0.2) is 0 Å². The Bertz CT molecular complexity index is 425. The SMILES string of the molecule is CCC(=O)OC1CC(C)(CC)N(OC(C)=O)C(C)(CC)C1C. The molecule has 0 bridgehead atoms. The maximum atomic E-state index is 11.8. The van der Waals surface area contributed by atoms with Crippen LogP contribution in [-0.2, 0) is 19.2 Å². The lowest BCUT2D eigenvalue weighted by Crippen LogP contribution is -2.68. The van der Waals surface area contributed by atoms with E-state index >= 15 is 0 Å². The van der Waals surface area contributed by atoms with E-state index in [2.05, 4.69) is 34.6 Å². The largest absolute Gasteiger partial charge is 0.462 e. The third-order valence-electron chi connectivity index (χ3n) is 5.40. The summed E-state index contributed by atoms with van der Waals surface area (Å²) in [4.78, 5) is 29.0. The third kappa shape index (κ3) is 3.45. The van der Waals surface area contributed by atoms with E-state index in [0.717, 1.165) is 12.8 Å². The lowest BCUT2D eigenvalue weighted by atomic mass is 9.69. The van der Waals surface area contributed by atoms with Crippen LogP contribution in [0, 0.1) is 5.92 Å². The number of nitrogens with zero attached hydrogens (tertiary/aromatic N) is 1. The molecular formula is C17H31NO4. The summed E-state index contributed by atoms with van der Waals surface area (Å²) in [6.45, 7) is 13.6. The first-order valence-corrected chi connectivity index (χ1v) is 8.33. The zero-order valence-electron chi connectivity index (χ0n) is 15.1. The molecule has 128 valence electrons. The minimum atomic E-state index is -0.368. The van der Waals surface area contributed by atoms with Crippen LogP contribution in [0.25, 0.3) is 0 Å². The van der Waals surface area contributed by atoms with Crippen LogP contribution in [0.2, 0.25) is 0 Å². The van der Waals surface area contributed by atoms with Crippen LogP contribution < -0.4 is 0 Å². The summed E-state index contributed by atoms with van der Waals surface area (Å²) in [6, 6.07) is 0. The van der Waals surface area contributed by atoms with E-state index in [4.69, 9.17) is 9.57 Å². The summed E-state index contributed by atoms with van der Waals surface area (Å²) in [5.41, 5.74) is -0.713. The van der Waals surface area contributed by atoms with Crippen molar-refractivity contribution < 1.29 is 19.2 Å². The molecule has 0 aromatic heterocycles. The highest BCUT2D eigenvalue weighted by Gasteiger charge is 2.56. The Balaban J connectivity index is 3.20. The normalized spacial score (nSPS) is 36.0. The van der Waals surface area contributed by atoms with Gasteiger partial charge in [-0.05, 0) is 26.7 Å². The molecule has 5 nitrogen and oxygen atoms in total. The van der Waals surface area contributed by atoms with Gasteiger partial charge in [0.05, 0.1) is 11.1 Å². The van der Waals surface area contributed by atoms with Gasteiger partial charge in [0, 0.05) is 25.7 Å². The molecule has 1 fully saturated rings. The number of carbonyl (C=O) groups is 2. The van der Waals surface area contributed by atoms with Gasteiger partial charge in [0.1, 0.15) is 6.10 Å². The number of carbonyl (C=O) groups excluding carboxylic acids is 2. The van der Waals surface area contributed by atoms with Crippen LogP contribution in [-0.4, -0.2) is 34.2 Å². The van der Waals surface area contributed by atoms with Crippen molar-refractivity contribution in [1.29, 1.82) is 0 Å². The van der Waals surface area contributed by atoms with Gasteiger partial charge < -0.3 is 9.57 Å². The second-order valence-corrected chi connectivity index (χ2v) is 6.81. The van der Waals surface area contributed by atoms with Gasteiger partial charge in [0.2, 0.25) is 0 Å². The molecule has 1 aliphatic heterocycles. The van der Waals surface area contributed by atoms with Crippen molar-refractivity contribution in [2.75, 3.05) is 0 Å². The summed E-state index contributed by atoms with van der Waals surface area (Å²) < 4.78 is 5.69. The Labute approximate surface area is 134 Å². The van der Waals surface area contributed by atoms with Crippen LogP contribution in [0.1, 0.15) is 74.1 Å². The summed E-state index contributed by atoms with van der Waals surface area (Å²) in [6.07, 6.45) is 2.50. The molecule has 1 rings (SSSR count). The molecule has 0 spiro atoms. The van der Waals surface area contributed by atoms with E-state index in [1.807, 2.05) is 5.06 Å². The molecule has 0 aromatic rings. The number of ether oxygens (including phenoxy) is 1. The highest BCUT2D eigenvalue weighted by Crippen LogP contribution is 2.46. The Hall–Kier alpha value is -1.10. The first-order valence-electron chi connectivity index (χ1n) is 8.33. The van der Waals surface area contributed by atoms with E-state index in [-0.39, 0.29) is 35.0 Å². The number of hydrogen-bond donors (Lipinski definition) is 0. The second-order valence-electron chi connectivity index (χ2n) is 6.81. The molecule has 0 aromatic carbocycles. The molecule has 0 aliphatic carbocycles. The lowest BCUT2D eigenvalue weighted by molar-refractivity contribution is -0.299. The van der Waals surface area contributed by atoms with Crippen molar-refractivity contribution in [3.05, 3.63) is 0 Å². The van der Waals surface area contributed by atoms with Crippen LogP contribution in [0.5, 0.6) is 0 Å². The number of hydrogen-bond acceptors (Lipinski definition) is 5. The van der Waals surface area contributed by atoms with Crippen LogP contribution >= 0.6 is 0 Å². The maximum Gasteiger partial charge on any atom is 0.322 e. The lowest BCUT2D eigenvalue weighted by Gasteiger charge is -2.57. The molecule has 0 saturated carbocycles. The van der Waals surface area contributed by atoms with Crippen molar-refractivity contribution in [2.24, 2.45) is 5.92 Å². The third-order valence-corrected chi connectivity index (χ3v) is 5.40. The van der Waals surface area contributed by atoms with Crippen molar-refractivity contribution in [3.63, 3.8) is 0 Å². The molecule has 22 heavy (non-hydrogen) atoms. The summed E-state index contributed by atoms with van der Waals surface area (Å²) >= 11 is 0. The second kappa shape index (κ2) is 6.99. The van der Waals surface area contributed by atoms with E-state index in [0.29, 0.717) is 12.8 Å². The molecule has 5 heteroatoms. The number of rotatable bonds is 5. The molecular weight excluding hydrogens is 282 g/mol. The minimum Gasteiger partial charge on any atom is -0.462 e. The fourth-order valence-corrected chi connectivity index (χ4v) is 3.39. The highest BCUT2D eigenvalue weighted by molar-refractivity contribution is 5.69. The smallest absolute Gasteiger partial charge is 0.322 e. The molecule has 4 unspecified atom stereocenters. The predicted molar refractivity (Wildman–Crippen MR) is 84.9 cm³/mol. The molecule has 0 N–H and O–H groups in total. The zero-order chi connectivity index (χ0) is 17.1. The number of esters is 1. The minimum absolute atomic E-state index is 0.0759. The molecule has 4 atom stereocenters. The Morgan fingerprint density at radius 1 is 1.18 bits per heavy atom. The Morgan fingerprint density at radius 3 is 2.18 bits per heavy atom. The van der Waals surface area contributed by atoms with Gasteiger partial charge in [-0.2, -0.15) is 0 Å². The van der Waals surface area contributed by atoms with Crippen molar-refractivity contribution in [1.82, 2.24) is 5.06 Å². The summed E-state index contributed by atoms with van der Waals surface area (Å²) in [5.74, 6) is -0.405. The van der Waals surface area contributed by atoms with Crippen molar-refractivity contribution >= 4 is 11.9 Å². The van der Waals surface area contributed by atoms with Crippen LogP contribution in [0.15, 0.2) is 0 Å². The fourth-order valence-electron chi connectivity index (χ4n) is 3.39. The molecule has 1 aliphatic rings. The Morgan fingerprint density at radius 2 is 1.77 bits per heavy atom. The summed E-state index contributed by atoms with van der Waals surface area (Å²) in [5, 5.41) is 1.86. The quantitative estimate of drug-likeness (QED) is 0.727. The first-order chi connectivity index (χ1) is 10.1. The van der Waals surface area contributed by atoms with Gasteiger partial charge in [-0.15, -0.1) is 5.06 Å². The van der Waals surface area contributed by atoms with E-state index < -0.39 is 0 Å². The maximum absolute atomic E-state index is 11.8. The van der Waals surface area contributed by atoms with Gasteiger partial charge in [-0.3, -0.25) is 9.59 Å². The van der Waals surface area contributed by atoms with Gasteiger partial charge >= 0.3 is 11.9 Å². The van der Waals surface area contributed by atoms with Gasteiger partial charge in [0.15, 0.2) is 0 Å². The zero-order valence-corrected chi connectivity index (χ0v) is 15.1. The van der Waals surface area contributed by atoms with Gasteiger partial charge in [-0.1, -0.05) is 27.7 Å². The van der Waals surface area contributed by atoms with Crippen LogP contribution in [0.3, 0.4) is 0 Å². The van der Waals surface area contributed by atoms with Crippen molar-refractivity contribution in [3.8, 4) is 0 Å². The van der Waals surface area contributed by atoms with Crippen molar-refractivity contribution in [2.45, 2.75) is 91.3 Å². The van der Waals surface area contributed by atoms with E-state index in [9.17, 15) is 9.59 Å². The van der Waals surface area contributed by atoms with Gasteiger partial charge in [0.25, 0.3) is 0 Å². The standard InChI is InChI=1S/C17H31NO4/c1-8-15(20)21-14-11-16(6,9-2)18(22-13(5)19)17(7,10-3)12(14)4/h12,14H,8-11H2,1-7H3. The Kier molecular flexibility index (Phi) is 6.02.